The molecule has 134 valence electrons. The lowest BCUT2D eigenvalue weighted by Crippen LogP contribution is -2.47. The van der Waals surface area contributed by atoms with Crippen molar-refractivity contribution < 1.29 is 24.2 Å². The van der Waals surface area contributed by atoms with Crippen LogP contribution in [-0.2, 0) is 9.59 Å². The van der Waals surface area contributed by atoms with Crippen LogP contribution in [0.1, 0.15) is 19.4 Å². The molecule has 1 amide bonds. The van der Waals surface area contributed by atoms with Gasteiger partial charge in [0.25, 0.3) is 5.91 Å². The van der Waals surface area contributed by atoms with Crippen molar-refractivity contribution in [3.8, 4) is 11.5 Å². The molecule has 0 bridgehead atoms. The fraction of sp³-hybridized carbons (Fsp3) is 0.353. The van der Waals surface area contributed by atoms with Crippen LogP contribution in [0, 0.1) is 5.92 Å². The van der Waals surface area contributed by atoms with Gasteiger partial charge in [0, 0.05) is 0 Å². The summed E-state index contributed by atoms with van der Waals surface area (Å²) in [4.78, 5) is 25.8. The van der Waals surface area contributed by atoms with Gasteiger partial charge in [-0.3, -0.25) is 9.69 Å². The summed E-state index contributed by atoms with van der Waals surface area (Å²) in [5, 5.41) is 9.43. The van der Waals surface area contributed by atoms with E-state index in [0.29, 0.717) is 16.4 Å². The Morgan fingerprint density at radius 3 is 2.44 bits per heavy atom. The first-order valence-electron chi connectivity index (χ1n) is 7.52. The Labute approximate surface area is 155 Å². The maximum atomic E-state index is 12.7. The molecule has 6 nitrogen and oxygen atoms in total. The molecule has 1 aliphatic rings. The number of benzene rings is 1. The molecule has 0 spiro atoms. The largest absolute Gasteiger partial charge is 0.493 e. The van der Waals surface area contributed by atoms with Crippen LogP contribution in [0.4, 0.5) is 0 Å². The van der Waals surface area contributed by atoms with E-state index < -0.39 is 17.9 Å². The van der Waals surface area contributed by atoms with Gasteiger partial charge >= 0.3 is 5.97 Å². The van der Waals surface area contributed by atoms with Crippen molar-refractivity contribution in [3.63, 3.8) is 0 Å². The van der Waals surface area contributed by atoms with E-state index in [9.17, 15) is 14.7 Å². The summed E-state index contributed by atoms with van der Waals surface area (Å²) < 4.78 is 10.7. The van der Waals surface area contributed by atoms with Crippen molar-refractivity contribution in [1.82, 2.24) is 4.90 Å². The summed E-state index contributed by atoms with van der Waals surface area (Å²) in [6.07, 6.45) is 1.67. The predicted octanol–water partition coefficient (Wildman–Crippen LogP) is 3.01. The minimum atomic E-state index is -1.07. The smallest absolute Gasteiger partial charge is 0.327 e. The molecule has 1 N–H and O–H groups in total. The van der Waals surface area contributed by atoms with Gasteiger partial charge < -0.3 is 14.6 Å². The zero-order valence-corrected chi connectivity index (χ0v) is 15.9. The van der Waals surface area contributed by atoms with E-state index in [1.807, 2.05) is 0 Å². The number of rotatable bonds is 6. The van der Waals surface area contributed by atoms with Crippen molar-refractivity contribution >= 4 is 46.3 Å². The van der Waals surface area contributed by atoms with Crippen LogP contribution >= 0.6 is 24.0 Å². The van der Waals surface area contributed by atoms with Crippen LogP contribution in [0.15, 0.2) is 23.1 Å². The molecule has 1 unspecified atom stereocenters. The highest BCUT2D eigenvalue weighted by atomic mass is 32.2. The highest BCUT2D eigenvalue weighted by molar-refractivity contribution is 8.26. The lowest BCUT2D eigenvalue weighted by molar-refractivity contribution is -0.146. The molecule has 8 heteroatoms. The number of thioether (sulfide) groups is 1. The van der Waals surface area contributed by atoms with Crippen LogP contribution in [0.5, 0.6) is 11.5 Å². The van der Waals surface area contributed by atoms with Crippen molar-refractivity contribution in [3.05, 3.63) is 28.7 Å². The third kappa shape index (κ3) is 3.96. The van der Waals surface area contributed by atoms with Gasteiger partial charge in [-0.2, -0.15) is 0 Å². The Morgan fingerprint density at radius 1 is 1.28 bits per heavy atom. The molecular formula is C17H19NO5S2. The van der Waals surface area contributed by atoms with Gasteiger partial charge in [-0.25, -0.2) is 4.79 Å². The number of ether oxygens (including phenoxy) is 2. The second kappa shape index (κ2) is 7.88. The van der Waals surface area contributed by atoms with E-state index in [1.54, 1.807) is 45.2 Å². The number of aliphatic carboxylic acids is 1. The molecule has 1 aliphatic heterocycles. The first-order chi connectivity index (χ1) is 11.8. The molecule has 1 fully saturated rings. The van der Waals surface area contributed by atoms with Gasteiger partial charge in [-0.05, 0) is 29.7 Å². The van der Waals surface area contributed by atoms with E-state index in [0.717, 1.165) is 17.3 Å². The summed E-state index contributed by atoms with van der Waals surface area (Å²) in [7, 11) is 3.07. The lowest BCUT2D eigenvalue weighted by atomic mass is 10.0. The molecule has 0 radical (unpaired) electrons. The third-order valence-electron chi connectivity index (χ3n) is 3.69. The van der Waals surface area contributed by atoms with E-state index in [-0.39, 0.29) is 10.2 Å². The standard InChI is InChI=1S/C17H19NO5S2/c1-9(2)14(16(20)21)18-15(19)13(25-17(18)24)8-10-5-6-11(22-3)12(7-10)23-4/h5-9,14H,1-4H3,(H,20,21)/b13-8+. The van der Waals surface area contributed by atoms with Gasteiger partial charge in [0.15, 0.2) is 11.5 Å². The number of amides is 1. The highest BCUT2D eigenvalue weighted by Gasteiger charge is 2.41. The number of carboxylic acid groups (broad SMARTS) is 1. The normalized spacial score (nSPS) is 17.3. The molecule has 0 aromatic heterocycles. The van der Waals surface area contributed by atoms with E-state index in [4.69, 9.17) is 21.7 Å². The Balaban J connectivity index is 2.36. The molecule has 1 saturated heterocycles. The first kappa shape index (κ1) is 19.3. The molecule has 2 rings (SSSR count). The molecule has 0 saturated carbocycles. The number of methoxy groups -OCH3 is 2. The average Bonchev–Trinajstić information content (AvgIpc) is 2.82. The van der Waals surface area contributed by atoms with Crippen molar-refractivity contribution in [1.29, 1.82) is 0 Å². The summed E-state index contributed by atoms with van der Waals surface area (Å²) in [6.45, 7) is 3.49. The summed E-state index contributed by atoms with van der Waals surface area (Å²) in [5.74, 6) is -0.611. The third-order valence-corrected chi connectivity index (χ3v) is 5.02. The maximum Gasteiger partial charge on any atom is 0.327 e. The second-order valence-corrected chi connectivity index (χ2v) is 7.37. The molecule has 25 heavy (non-hydrogen) atoms. The number of thiocarbonyl (C=S) groups is 1. The van der Waals surface area contributed by atoms with Crippen LogP contribution < -0.4 is 9.47 Å². The number of carbonyl (C=O) groups is 2. The molecule has 1 atom stereocenters. The molecule has 0 aliphatic carbocycles. The number of hydrogen-bond donors (Lipinski definition) is 1. The molecule has 1 aromatic carbocycles. The number of carbonyl (C=O) groups excluding carboxylic acids is 1. The summed E-state index contributed by atoms with van der Waals surface area (Å²) in [5.41, 5.74) is 0.731. The van der Waals surface area contributed by atoms with E-state index >= 15 is 0 Å². The first-order valence-corrected chi connectivity index (χ1v) is 8.74. The van der Waals surface area contributed by atoms with E-state index in [2.05, 4.69) is 0 Å². The maximum absolute atomic E-state index is 12.7. The van der Waals surface area contributed by atoms with Crippen LogP contribution in [0.25, 0.3) is 6.08 Å². The Hall–Kier alpha value is -2.06. The molecule has 1 heterocycles. The van der Waals surface area contributed by atoms with Gasteiger partial charge in [0.05, 0.1) is 19.1 Å². The second-order valence-electron chi connectivity index (χ2n) is 5.69. The molecule has 1 aromatic rings. The van der Waals surface area contributed by atoms with Gasteiger partial charge in [-0.1, -0.05) is 43.9 Å². The summed E-state index contributed by atoms with van der Waals surface area (Å²) in [6, 6.07) is 4.27. The average molecular weight is 381 g/mol. The zero-order valence-electron chi connectivity index (χ0n) is 14.3. The summed E-state index contributed by atoms with van der Waals surface area (Å²) >= 11 is 6.33. The fourth-order valence-electron chi connectivity index (χ4n) is 2.51. The van der Waals surface area contributed by atoms with Gasteiger partial charge in [0.1, 0.15) is 10.4 Å². The quantitative estimate of drug-likeness (QED) is 0.599. The lowest BCUT2D eigenvalue weighted by Gasteiger charge is -2.26. The van der Waals surface area contributed by atoms with E-state index in [1.165, 1.54) is 12.0 Å². The Kier molecular flexibility index (Phi) is 6.07. The van der Waals surface area contributed by atoms with Crippen molar-refractivity contribution in [2.24, 2.45) is 5.92 Å². The topological polar surface area (TPSA) is 76.1 Å². The monoisotopic (exact) mass is 381 g/mol. The van der Waals surface area contributed by atoms with Crippen molar-refractivity contribution in [2.45, 2.75) is 19.9 Å². The predicted molar refractivity (Wildman–Crippen MR) is 101 cm³/mol. The van der Waals surface area contributed by atoms with Crippen LogP contribution in [0.2, 0.25) is 0 Å². The van der Waals surface area contributed by atoms with Crippen molar-refractivity contribution in [2.75, 3.05) is 14.2 Å². The minimum Gasteiger partial charge on any atom is -0.493 e. The van der Waals surface area contributed by atoms with Crippen LogP contribution in [-0.4, -0.2) is 46.5 Å². The number of hydrogen-bond acceptors (Lipinski definition) is 6. The minimum absolute atomic E-state index is 0.248. The number of carboxylic acids is 1. The Bertz CT molecular complexity index is 745. The molecular weight excluding hydrogens is 362 g/mol. The zero-order chi connectivity index (χ0) is 18.7. The Morgan fingerprint density at radius 2 is 1.92 bits per heavy atom. The van der Waals surface area contributed by atoms with Gasteiger partial charge in [-0.15, -0.1) is 0 Å². The number of nitrogens with zero attached hydrogens (tertiary/aromatic N) is 1. The fourth-order valence-corrected chi connectivity index (χ4v) is 3.84. The van der Waals surface area contributed by atoms with Crippen LogP contribution in [0.3, 0.4) is 0 Å². The SMILES string of the molecule is COc1ccc(/C=C2/SC(=S)N(C(C(=O)O)C(C)C)C2=O)cc1OC. The van der Waals surface area contributed by atoms with Gasteiger partial charge in [0.2, 0.25) is 0 Å². The highest BCUT2D eigenvalue weighted by Crippen LogP contribution is 2.36.